The number of likely N-dealkylation sites (N-methyl/N-ethyl adjacent to an activating group) is 2. The van der Waals surface area contributed by atoms with Crippen LogP contribution >= 0.6 is 0 Å². The predicted octanol–water partition coefficient (Wildman–Crippen LogP) is 4.88. The van der Waals surface area contributed by atoms with Gasteiger partial charge in [0, 0.05) is 55.4 Å². The van der Waals surface area contributed by atoms with Crippen LogP contribution < -0.4 is 0 Å². The Balaban J connectivity index is 1.66. The number of rotatable bonds is 3. The molecule has 0 bridgehead atoms. The second-order valence-corrected chi connectivity index (χ2v) is 9.38. The third kappa shape index (κ3) is 3.22. The van der Waals surface area contributed by atoms with Crippen LogP contribution in [0.15, 0.2) is 54.7 Å². The third-order valence-electron chi connectivity index (χ3n) is 7.56. The van der Waals surface area contributed by atoms with E-state index in [1.54, 1.807) is 4.90 Å². The second-order valence-electron chi connectivity index (χ2n) is 9.38. The summed E-state index contributed by atoms with van der Waals surface area (Å²) in [6.07, 6.45) is 7.81. The van der Waals surface area contributed by atoms with Gasteiger partial charge in [0.15, 0.2) is 0 Å². The Labute approximate surface area is 189 Å². The third-order valence-corrected chi connectivity index (χ3v) is 7.56. The first-order chi connectivity index (χ1) is 15.5. The number of benzene rings is 2. The van der Waals surface area contributed by atoms with E-state index in [9.17, 15) is 9.59 Å². The summed E-state index contributed by atoms with van der Waals surface area (Å²) >= 11 is 0. The van der Waals surface area contributed by atoms with Crippen molar-refractivity contribution >= 4 is 22.7 Å². The molecule has 5 heteroatoms. The van der Waals surface area contributed by atoms with E-state index >= 15 is 0 Å². The van der Waals surface area contributed by atoms with Crippen molar-refractivity contribution in [3.63, 3.8) is 0 Å². The number of hydrogen-bond acceptors (Lipinski definition) is 2. The summed E-state index contributed by atoms with van der Waals surface area (Å²) in [4.78, 5) is 31.3. The molecule has 1 aromatic heterocycles. The molecule has 1 aliphatic carbocycles. The largest absolute Gasteiger partial charge is 0.350 e. The van der Waals surface area contributed by atoms with Gasteiger partial charge in [-0.15, -0.1) is 0 Å². The number of aromatic nitrogens is 1. The van der Waals surface area contributed by atoms with Gasteiger partial charge in [-0.05, 0) is 30.5 Å². The first-order valence-corrected chi connectivity index (χ1v) is 11.7. The van der Waals surface area contributed by atoms with Crippen LogP contribution in [-0.4, -0.2) is 46.3 Å². The van der Waals surface area contributed by atoms with Gasteiger partial charge in [0.1, 0.15) is 0 Å². The smallest absolute Gasteiger partial charge is 0.254 e. The number of fused-ring (bicyclic) bond motifs is 2. The maximum atomic E-state index is 14.1. The minimum Gasteiger partial charge on any atom is -0.350 e. The van der Waals surface area contributed by atoms with Crippen molar-refractivity contribution in [3.8, 4) is 0 Å². The number of nitrogens with zero attached hydrogens (tertiary/aromatic N) is 3. The standard InChI is InChI=1S/C27H31N3O2/c1-28-17-22(19-13-9-10-16-23(19)28)25-24(27(32)29(2)18-11-5-4-6-12-18)20-14-7-8-15-21(20)26(31)30(25)3/h7-10,13-18,24-25H,4-6,11-12H2,1-3H3. The van der Waals surface area contributed by atoms with E-state index < -0.39 is 5.92 Å². The Hall–Kier alpha value is -3.08. The van der Waals surface area contributed by atoms with E-state index in [0.29, 0.717) is 5.56 Å². The minimum absolute atomic E-state index is 0.0251. The Bertz CT molecular complexity index is 1170. The van der Waals surface area contributed by atoms with Gasteiger partial charge in [-0.25, -0.2) is 0 Å². The SMILES string of the molecule is CN(C(=O)C1c2ccccc2C(=O)N(C)C1c1cn(C)c2ccccc12)C1CCCCC1. The quantitative estimate of drug-likeness (QED) is 0.596. The molecule has 2 unspecified atom stereocenters. The average Bonchev–Trinajstić information content (AvgIpc) is 3.17. The number of carbonyl (C=O) groups is 2. The molecule has 1 fully saturated rings. The highest BCUT2D eigenvalue weighted by Gasteiger charge is 2.45. The molecule has 32 heavy (non-hydrogen) atoms. The molecule has 0 radical (unpaired) electrons. The molecule has 2 heterocycles. The number of hydrogen-bond donors (Lipinski definition) is 0. The Morgan fingerprint density at radius 2 is 1.62 bits per heavy atom. The van der Waals surface area contributed by atoms with E-state index in [1.807, 2.05) is 62.4 Å². The zero-order valence-electron chi connectivity index (χ0n) is 19.1. The van der Waals surface area contributed by atoms with Crippen LogP contribution in [0.2, 0.25) is 0 Å². The summed E-state index contributed by atoms with van der Waals surface area (Å²) in [5.41, 5.74) is 3.63. The highest BCUT2D eigenvalue weighted by atomic mass is 16.2. The fourth-order valence-corrected chi connectivity index (χ4v) is 5.81. The van der Waals surface area contributed by atoms with E-state index in [2.05, 4.69) is 22.9 Å². The van der Waals surface area contributed by atoms with Crippen molar-refractivity contribution in [3.05, 3.63) is 71.4 Å². The number of carbonyl (C=O) groups excluding carboxylic acids is 2. The maximum absolute atomic E-state index is 14.1. The van der Waals surface area contributed by atoms with Crippen molar-refractivity contribution in [2.75, 3.05) is 14.1 Å². The van der Waals surface area contributed by atoms with Gasteiger partial charge in [-0.3, -0.25) is 9.59 Å². The van der Waals surface area contributed by atoms with Crippen LogP contribution in [0.25, 0.3) is 10.9 Å². The van der Waals surface area contributed by atoms with Crippen molar-refractivity contribution in [2.45, 2.75) is 50.1 Å². The molecule has 2 amide bonds. The molecular weight excluding hydrogens is 398 g/mol. The fourth-order valence-electron chi connectivity index (χ4n) is 5.81. The molecule has 1 aliphatic heterocycles. The lowest BCUT2D eigenvalue weighted by atomic mass is 9.78. The molecule has 2 aliphatic rings. The summed E-state index contributed by atoms with van der Waals surface area (Å²) < 4.78 is 2.09. The summed E-state index contributed by atoms with van der Waals surface area (Å²) in [5, 5.41) is 1.09. The first kappa shape index (κ1) is 20.8. The predicted molar refractivity (Wildman–Crippen MR) is 127 cm³/mol. The summed E-state index contributed by atoms with van der Waals surface area (Å²) in [6.45, 7) is 0. The second kappa shape index (κ2) is 8.12. The highest BCUT2D eigenvalue weighted by molar-refractivity contribution is 6.02. The number of para-hydroxylation sites is 1. The molecule has 2 aromatic carbocycles. The molecule has 5 nitrogen and oxygen atoms in total. The van der Waals surface area contributed by atoms with E-state index in [4.69, 9.17) is 0 Å². The lowest BCUT2D eigenvalue weighted by Crippen LogP contribution is -2.48. The maximum Gasteiger partial charge on any atom is 0.254 e. The molecule has 5 rings (SSSR count). The zero-order valence-corrected chi connectivity index (χ0v) is 19.1. The molecule has 2 atom stereocenters. The average molecular weight is 430 g/mol. The van der Waals surface area contributed by atoms with Crippen LogP contribution in [-0.2, 0) is 11.8 Å². The topological polar surface area (TPSA) is 45.6 Å². The van der Waals surface area contributed by atoms with Gasteiger partial charge in [-0.1, -0.05) is 55.7 Å². The van der Waals surface area contributed by atoms with Gasteiger partial charge < -0.3 is 14.4 Å². The lowest BCUT2D eigenvalue weighted by Gasteiger charge is -2.42. The summed E-state index contributed by atoms with van der Waals surface area (Å²) in [5.74, 6) is -0.337. The minimum atomic E-state index is -0.424. The van der Waals surface area contributed by atoms with Crippen LogP contribution in [0, 0.1) is 0 Å². The van der Waals surface area contributed by atoms with Gasteiger partial charge in [0.25, 0.3) is 5.91 Å². The number of amides is 2. The Morgan fingerprint density at radius 3 is 2.41 bits per heavy atom. The molecule has 0 spiro atoms. The Morgan fingerprint density at radius 1 is 0.938 bits per heavy atom. The van der Waals surface area contributed by atoms with Gasteiger partial charge in [-0.2, -0.15) is 0 Å². The van der Waals surface area contributed by atoms with Crippen molar-refractivity contribution in [1.82, 2.24) is 14.4 Å². The Kier molecular flexibility index (Phi) is 5.28. The van der Waals surface area contributed by atoms with Crippen molar-refractivity contribution < 1.29 is 9.59 Å². The van der Waals surface area contributed by atoms with Crippen molar-refractivity contribution in [1.29, 1.82) is 0 Å². The van der Waals surface area contributed by atoms with E-state index in [1.165, 1.54) is 19.3 Å². The van der Waals surface area contributed by atoms with Gasteiger partial charge in [0.2, 0.25) is 5.91 Å². The normalized spacial score (nSPS) is 21.6. The monoisotopic (exact) mass is 429 g/mol. The first-order valence-electron chi connectivity index (χ1n) is 11.7. The van der Waals surface area contributed by atoms with Crippen LogP contribution in [0.5, 0.6) is 0 Å². The molecule has 0 N–H and O–H groups in total. The van der Waals surface area contributed by atoms with E-state index in [0.717, 1.165) is 34.9 Å². The zero-order chi connectivity index (χ0) is 22.4. The molecule has 3 aromatic rings. The van der Waals surface area contributed by atoms with Crippen molar-refractivity contribution in [2.24, 2.45) is 7.05 Å². The summed E-state index contributed by atoms with van der Waals surface area (Å²) in [6, 6.07) is 15.8. The fraction of sp³-hybridized carbons (Fsp3) is 0.407. The van der Waals surface area contributed by atoms with Crippen LogP contribution in [0.3, 0.4) is 0 Å². The van der Waals surface area contributed by atoms with Crippen LogP contribution in [0.1, 0.15) is 65.5 Å². The van der Waals surface area contributed by atoms with Gasteiger partial charge >= 0.3 is 0 Å². The van der Waals surface area contributed by atoms with Crippen LogP contribution in [0.4, 0.5) is 0 Å². The van der Waals surface area contributed by atoms with Gasteiger partial charge in [0.05, 0.1) is 12.0 Å². The molecule has 0 saturated heterocycles. The molecule has 1 saturated carbocycles. The molecule has 166 valence electrons. The summed E-state index contributed by atoms with van der Waals surface area (Å²) in [7, 11) is 5.82. The van der Waals surface area contributed by atoms with E-state index in [-0.39, 0.29) is 23.9 Å². The lowest BCUT2D eigenvalue weighted by molar-refractivity contribution is -0.135. The number of aryl methyl sites for hydroxylation is 1. The molecular formula is C27H31N3O2. The highest BCUT2D eigenvalue weighted by Crippen LogP contribution is 2.45.